The predicted molar refractivity (Wildman–Crippen MR) is 85.1 cm³/mol. The van der Waals surface area contributed by atoms with E-state index in [0.717, 1.165) is 19.3 Å². The second kappa shape index (κ2) is 8.37. The first-order valence-electron chi connectivity index (χ1n) is 8.06. The number of carbonyl (C=O) groups excluding carboxylic acids is 2. The summed E-state index contributed by atoms with van der Waals surface area (Å²) in [6, 6.07) is 2.95. The summed E-state index contributed by atoms with van der Waals surface area (Å²) in [7, 11) is 0. The lowest BCUT2D eigenvalue weighted by Gasteiger charge is -2.33. The SMILES string of the molecule is O=C(CNC(=O)NCc1ccco1)NCC1(C(=O)O)CCCCC1. The van der Waals surface area contributed by atoms with E-state index in [1.165, 1.54) is 6.26 Å². The quantitative estimate of drug-likeness (QED) is 0.596. The minimum absolute atomic E-state index is 0.0941. The second-order valence-corrected chi connectivity index (χ2v) is 6.04. The summed E-state index contributed by atoms with van der Waals surface area (Å²) < 4.78 is 5.07. The number of urea groups is 1. The van der Waals surface area contributed by atoms with Gasteiger partial charge in [0.1, 0.15) is 5.76 Å². The van der Waals surface area contributed by atoms with Crippen LogP contribution in [0.1, 0.15) is 37.9 Å². The molecule has 1 heterocycles. The fourth-order valence-electron chi connectivity index (χ4n) is 2.83. The van der Waals surface area contributed by atoms with E-state index in [4.69, 9.17) is 4.42 Å². The standard InChI is InChI=1S/C16H23N3O5/c20-13(10-18-15(23)17-9-12-5-4-8-24-12)19-11-16(14(21)22)6-2-1-3-7-16/h4-5,8H,1-3,6-7,9-11H2,(H,19,20)(H,21,22)(H2,17,18,23). The molecule has 8 nitrogen and oxygen atoms in total. The first-order chi connectivity index (χ1) is 11.5. The van der Waals surface area contributed by atoms with Crippen molar-refractivity contribution in [1.82, 2.24) is 16.0 Å². The molecular formula is C16H23N3O5. The molecule has 1 aliphatic carbocycles. The molecule has 8 heteroatoms. The third-order valence-corrected chi connectivity index (χ3v) is 4.30. The van der Waals surface area contributed by atoms with Gasteiger partial charge < -0.3 is 25.5 Å². The lowest BCUT2D eigenvalue weighted by atomic mass is 9.74. The largest absolute Gasteiger partial charge is 0.481 e. The van der Waals surface area contributed by atoms with Crippen LogP contribution in [0.15, 0.2) is 22.8 Å². The van der Waals surface area contributed by atoms with Crippen molar-refractivity contribution in [2.24, 2.45) is 5.41 Å². The number of nitrogens with one attached hydrogen (secondary N) is 3. The smallest absolute Gasteiger partial charge is 0.315 e. The number of hydrogen-bond donors (Lipinski definition) is 4. The van der Waals surface area contributed by atoms with Crippen LogP contribution in [0.25, 0.3) is 0 Å². The molecule has 24 heavy (non-hydrogen) atoms. The number of furan rings is 1. The van der Waals surface area contributed by atoms with Gasteiger partial charge in [0.25, 0.3) is 0 Å². The maximum atomic E-state index is 11.8. The summed E-state index contributed by atoms with van der Waals surface area (Å²) in [5.74, 6) is -0.670. The topological polar surface area (TPSA) is 121 Å². The van der Waals surface area contributed by atoms with Crippen LogP contribution in [0.4, 0.5) is 4.79 Å². The van der Waals surface area contributed by atoms with Gasteiger partial charge in [-0.2, -0.15) is 0 Å². The van der Waals surface area contributed by atoms with Crippen LogP contribution in [0, 0.1) is 5.41 Å². The van der Waals surface area contributed by atoms with E-state index in [1.54, 1.807) is 12.1 Å². The highest BCUT2D eigenvalue weighted by Crippen LogP contribution is 2.35. The Morgan fingerprint density at radius 1 is 1.12 bits per heavy atom. The van der Waals surface area contributed by atoms with Crippen molar-refractivity contribution >= 4 is 17.9 Å². The highest BCUT2D eigenvalue weighted by atomic mass is 16.4. The zero-order chi connectivity index (χ0) is 17.4. The van der Waals surface area contributed by atoms with Crippen molar-refractivity contribution in [2.45, 2.75) is 38.6 Å². The van der Waals surface area contributed by atoms with Crippen molar-refractivity contribution in [3.63, 3.8) is 0 Å². The Morgan fingerprint density at radius 3 is 2.50 bits per heavy atom. The molecule has 0 bridgehead atoms. The van der Waals surface area contributed by atoms with E-state index >= 15 is 0 Å². The summed E-state index contributed by atoms with van der Waals surface area (Å²) in [4.78, 5) is 34.9. The molecule has 0 aromatic carbocycles. The Bertz CT molecular complexity index is 564. The molecule has 0 aliphatic heterocycles. The van der Waals surface area contributed by atoms with E-state index in [0.29, 0.717) is 18.6 Å². The van der Waals surface area contributed by atoms with Gasteiger partial charge in [-0.1, -0.05) is 19.3 Å². The van der Waals surface area contributed by atoms with Gasteiger partial charge in [-0.25, -0.2) is 4.79 Å². The van der Waals surface area contributed by atoms with Gasteiger partial charge in [0.2, 0.25) is 5.91 Å². The van der Waals surface area contributed by atoms with Gasteiger partial charge in [0.15, 0.2) is 0 Å². The predicted octanol–water partition coefficient (Wildman–Crippen LogP) is 1.23. The molecule has 0 unspecified atom stereocenters. The Balaban J connectivity index is 1.68. The molecule has 1 fully saturated rings. The molecule has 1 aromatic rings. The van der Waals surface area contributed by atoms with Crippen molar-refractivity contribution < 1.29 is 23.9 Å². The lowest BCUT2D eigenvalue weighted by molar-refractivity contribution is -0.151. The number of rotatable bonds is 7. The Hall–Kier alpha value is -2.51. The molecule has 2 rings (SSSR count). The summed E-state index contributed by atoms with van der Waals surface area (Å²) in [6.07, 6.45) is 5.39. The Kier molecular flexibility index (Phi) is 6.22. The number of carboxylic acid groups (broad SMARTS) is 1. The van der Waals surface area contributed by atoms with Gasteiger partial charge in [-0.3, -0.25) is 9.59 Å². The van der Waals surface area contributed by atoms with Crippen molar-refractivity contribution in [1.29, 1.82) is 0 Å². The van der Waals surface area contributed by atoms with E-state index in [9.17, 15) is 19.5 Å². The van der Waals surface area contributed by atoms with Crippen LogP contribution in [0.3, 0.4) is 0 Å². The Labute approximate surface area is 140 Å². The van der Waals surface area contributed by atoms with Crippen LogP contribution in [-0.2, 0) is 16.1 Å². The number of hydrogen-bond acceptors (Lipinski definition) is 4. The summed E-state index contributed by atoms with van der Waals surface area (Å²) >= 11 is 0. The van der Waals surface area contributed by atoms with Gasteiger partial charge >= 0.3 is 12.0 Å². The summed E-state index contributed by atoms with van der Waals surface area (Å²) in [5, 5.41) is 17.0. The van der Waals surface area contributed by atoms with Gasteiger partial charge in [-0.05, 0) is 25.0 Å². The number of aliphatic carboxylic acids is 1. The fraction of sp³-hybridized carbons (Fsp3) is 0.562. The molecule has 0 atom stereocenters. The first kappa shape index (κ1) is 17.8. The van der Waals surface area contributed by atoms with Gasteiger partial charge in [0.05, 0.1) is 24.8 Å². The zero-order valence-electron chi connectivity index (χ0n) is 13.5. The summed E-state index contributed by atoms with van der Waals surface area (Å²) in [6.45, 7) is 0.110. The lowest BCUT2D eigenvalue weighted by Crippen LogP contribution is -2.47. The molecule has 4 N–H and O–H groups in total. The molecule has 0 radical (unpaired) electrons. The average molecular weight is 337 g/mol. The van der Waals surface area contributed by atoms with Crippen LogP contribution >= 0.6 is 0 Å². The number of amides is 3. The highest BCUT2D eigenvalue weighted by molar-refractivity contribution is 5.84. The van der Waals surface area contributed by atoms with Crippen molar-refractivity contribution in [3.8, 4) is 0 Å². The maximum absolute atomic E-state index is 11.8. The van der Waals surface area contributed by atoms with E-state index < -0.39 is 23.3 Å². The fourth-order valence-corrected chi connectivity index (χ4v) is 2.83. The molecule has 1 aliphatic rings. The average Bonchev–Trinajstić information content (AvgIpc) is 3.10. The van der Waals surface area contributed by atoms with Crippen LogP contribution in [0.2, 0.25) is 0 Å². The van der Waals surface area contributed by atoms with Crippen molar-refractivity contribution in [2.75, 3.05) is 13.1 Å². The maximum Gasteiger partial charge on any atom is 0.315 e. The molecule has 1 aromatic heterocycles. The van der Waals surface area contributed by atoms with Gasteiger partial charge in [0, 0.05) is 6.54 Å². The second-order valence-electron chi connectivity index (χ2n) is 6.04. The minimum atomic E-state index is -0.880. The van der Waals surface area contributed by atoms with Gasteiger partial charge in [-0.15, -0.1) is 0 Å². The molecule has 132 valence electrons. The minimum Gasteiger partial charge on any atom is -0.481 e. The van der Waals surface area contributed by atoms with Crippen LogP contribution in [-0.4, -0.2) is 36.1 Å². The summed E-state index contributed by atoms with van der Waals surface area (Å²) in [5.41, 5.74) is -0.880. The molecular weight excluding hydrogens is 314 g/mol. The number of carbonyl (C=O) groups is 3. The third kappa shape index (κ3) is 5.00. The van der Waals surface area contributed by atoms with E-state index in [2.05, 4.69) is 16.0 Å². The third-order valence-electron chi connectivity index (χ3n) is 4.30. The monoisotopic (exact) mass is 337 g/mol. The Morgan fingerprint density at radius 2 is 1.88 bits per heavy atom. The molecule has 0 spiro atoms. The molecule has 0 saturated heterocycles. The first-order valence-corrected chi connectivity index (χ1v) is 8.06. The zero-order valence-corrected chi connectivity index (χ0v) is 13.5. The van der Waals surface area contributed by atoms with E-state index in [-0.39, 0.29) is 19.6 Å². The van der Waals surface area contributed by atoms with Crippen molar-refractivity contribution in [3.05, 3.63) is 24.2 Å². The van der Waals surface area contributed by atoms with Crippen LogP contribution in [0.5, 0.6) is 0 Å². The molecule has 1 saturated carbocycles. The number of carboxylic acids is 1. The highest BCUT2D eigenvalue weighted by Gasteiger charge is 2.39. The molecule has 3 amide bonds. The van der Waals surface area contributed by atoms with E-state index in [1.807, 2.05) is 0 Å². The normalized spacial score (nSPS) is 16.2. The van der Waals surface area contributed by atoms with Crippen LogP contribution < -0.4 is 16.0 Å².